The SMILES string of the molecule is O=c1cc(C(F)(F)F)c2cc(Cc3ccc(S(=O)(=O)NCc4ccccc4)cc3)ccc2o1. The summed E-state index contributed by atoms with van der Waals surface area (Å²) in [6, 6.07) is 19.9. The van der Waals surface area contributed by atoms with Crippen molar-refractivity contribution in [2.75, 3.05) is 0 Å². The molecule has 1 N–H and O–H groups in total. The van der Waals surface area contributed by atoms with Gasteiger partial charge >= 0.3 is 11.8 Å². The van der Waals surface area contributed by atoms with Gasteiger partial charge in [0, 0.05) is 18.0 Å². The zero-order valence-corrected chi connectivity index (χ0v) is 17.9. The van der Waals surface area contributed by atoms with E-state index < -0.39 is 27.4 Å². The highest BCUT2D eigenvalue weighted by molar-refractivity contribution is 7.89. The molecule has 0 saturated carbocycles. The fourth-order valence-corrected chi connectivity index (χ4v) is 4.45. The van der Waals surface area contributed by atoms with Crippen LogP contribution in [0, 0.1) is 0 Å². The first kappa shape index (κ1) is 22.8. The van der Waals surface area contributed by atoms with Crippen molar-refractivity contribution < 1.29 is 26.0 Å². The van der Waals surface area contributed by atoms with E-state index in [0.29, 0.717) is 17.2 Å². The summed E-state index contributed by atoms with van der Waals surface area (Å²) in [7, 11) is -3.72. The Morgan fingerprint density at radius 2 is 1.48 bits per heavy atom. The molecule has 9 heteroatoms. The van der Waals surface area contributed by atoms with E-state index in [1.807, 2.05) is 30.3 Å². The third kappa shape index (κ3) is 5.32. The van der Waals surface area contributed by atoms with E-state index in [1.165, 1.54) is 24.3 Å². The molecule has 0 aliphatic heterocycles. The second-order valence-corrected chi connectivity index (χ2v) is 9.21. The number of hydrogen-bond acceptors (Lipinski definition) is 4. The molecule has 33 heavy (non-hydrogen) atoms. The lowest BCUT2D eigenvalue weighted by atomic mass is 10.0. The lowest BCUT2D eigenvalue weighted by molar-refractivity contribution is -0.136. The molecule has 4 aromatic rings. The standard InChI is InChI=1S/C24H18F3NO4S/c25-24(26,27)21-14-23(29)32-22-11-8-18(13-20(21)22)12-16-6-9-19(10-7-16)33(30,31)28-15-17-4-2-1-3-5-17/h1-11,13-14,28H,12,15H2. The van der Waals surface area contributed by atoms with Crippen LogP contribution >= 0.6 is 0 Å². The molecule has 0 bridgehead atoms. The molecular formula is C24H18F3NO4S. The number of hydrogen-bond donors (Lipinski definition) is 1. The zero-order valence-electron chi connectivity index (χ0n) is 17.1. The molecule has 0 fully saturated rings. The van der Waals surface area contributed by atoms with Crippen molar-refractivity contribution in [1.82, 2.24) is 4.72 Å². The molecule has 5 nitrogen and oxygen atoms in total. The fourth-order valence-electron chi connectivity index (χ4n) is 3.43. The number of fused-ring (bicyclic) bond motifs is 1. The van der Waals surface area contributed by atoms with Gasteiger partial charge < -0.3 is 4.42 Å². The molecule has 0 aliphatic carbocycles. The lowest BCUT2D eigenvalue weighted by Gasteiger charge is -2.11. The van der Waals surface area contributed by atoms with Gasteiger partial charge in [-0.15, -0.1) is 0 Å². The Hall–Kier alpha value is -3.43. The minimum atomic E-state index is -4.70. The molecule has 0 aliphatic rings. The predicted octanol–water partition coefficient (Wildman–Crippen LogP) is 4.88. The zero-order chi connectivity index (χ0) is 23.6. The normalized spacial score (nSPS) is 12.2. The van der Waals surface area contributed by atoms with Crippen molar-refractivity contribution in [3.8, 4) is 0 Å². The number of sulfonamides is 1. The summed E-state index contributed by atoms with van der Waals surface area (Å²) in [6.07, 6.45) is -4.43. The maximum Gasteiger partial charge on any atom is 0.417 e. The lowest BCUT2D eigenvalue weighted by Crippen LogP contribution is -2.23. The smallest absolute Gasteiger partial charge is 0.417 e. The third-order valence-corrected chi connectivity index (χ3v) is 6.48. The maximum atomic E-state index is 13.3. The van der Waals surface area contributed by atoms with E-state index in [4.69, 9.17) is 4.42 Å². The number of nitrogens with one attached hydrogen (secondary N) is 1. The quantitative estimate of drug-likeness (QED) is 0.405. The summed E-state index contributed by atoms with van der Waals surface area (Å²) in [6.45, 7) is 0.152. The van der Waals surface area contributed by atoms with Crippen molar-refractivity contribution in [3.05, 3.63) is 112 Å². The van der Waals surface area contributed by atoms with Crippen LogP contribution in [0.2, 0.25) is 0 Å². The first-order valence-electron chi connectivity index (χ1n) is 9.88. The molecule has 0 saturated heterocycles. The number of benzene rings is 3. The summed E-state index contributed by atoms with van der Waals surface area (Å²) < 4.78 is 72.5. The summed E-state index contributed by atoms with van der Waals surface area (Å²) in [5.74, 6) is 0. The average molecular weight is 473 g/mol. The number of rotatable bonds is 6. The Kier molecular flexibility index (Phi) is 6.09. The number of halogens is 3. The molecule has 4 rings (SSSR count). The maximum absolute atomic E-state index is 13.3. The molecule has 3 aromatic carbocycles. The Balaban J connectivity index is 1.54. The van der Waals surface area contributed by atoms with Crippen LogP contribution in [0.5, 0.6) is 0 Å². The highest BCUT2D eigenvalue weighted by Gasteiger charge is 2.33. The monoisotopic (exact) mass is 473 g/mol. The molecule has 1 aromatic heterocycles. The first-order chi connectivity index (χ1) is 15.6. The van der Waals surface area contributed by atoms with Crippen LogP contribution in [0.15, 0.2) is 93.0 Å². The van der Waals surface area contributed by atoms with Crippen molar-refractivity contribution in [2.24, 2.45) is 0 Å². The van der Waals surface area contributed by atoms with E-state index in [-0.39, 0.29) is 28.8 Å². The van der Waals surface area contributed by atoms with Gasteiger partial charge in [-0.25, -0.2) is 17.9 Å². The van der Waals surface area contributed by atoms with Gasteiger partial charge in [0.1, 0.15) is 5.58 Å². The van der Waals surface area contributed by atoms with Crippen LogP contribution in [-0.2, 0) is 29.2 Å². The molecule has 0 atom stereocenters. The molecular weight excluding hydrogens is 455 g/mol. The van der Waals surface area contributed by atoms with E-state index in [1.54, 1.807) is 18.2 Å². The predicted molar refractivity (Wildman–Crippen MR) is 117 cm³/mol. The molecule has 0 amide bonds. The second-order valence-electron chi connectivity index (χ2n) is 7.44. The average Bonchev–Trinajstić information content (AvgIpc) is 2.78. The molecule has 0 spiro atoms. The van der Waals surface area contributed by atoms with Gasteiger partial charge in [0.15, 0.2) is 0 Å². The number of alkyl halides is 3. The summed E-state index contributed by atoms with van der Waals surface area (Å²) in [5, 5.41) is -0.205. The highest BCUT2D eigenvalue weighted by Crippen LogP contribution is 2.34. The summed E-state index contributed by atoms with van der Waals surface area (Å²) in [5.41, 5.74) is -0.184. The van der Waals surface area contributed by atoms with E-state index in [9.17, 15) is 26.4 Å². The van der Waals surface area contributed by atoms with Crippen LogP contribution in [0.1, 0.15) is 22.3 Å². The van der Waals surface area contributed by atoms with Crippen LogP contribution in [0.4, 0.5) is 13.2 Å². The Bertz CT molecular complexity index is 1450. The first-order valence-corrected chi connectivity index (χ1v) is 11.4. The van der Waals surface area contributed by atoms with E-state index in [0.717, 1.165) is 5.56 Å². The summed E-state index contributed by atoms with van der Waals surface area (Å²) in [4.78, 5) is 11.5. The van der Waals surface area contributed by atoms with Crippen LogP contribution < -0.4 is 10.3 Å². The van der Waals surface area contributed by atoms with Gasteiger partial charge in [0.05, 0.1) is 10.5 Å². The van der Waals surface area contributed by atoms with Gasteiger partial charge in [-0.05, 0) is 47.4 Å². The largest absolute Gasteiger partial charge is 0.423 e. The van der Waals surface area contributed by atoms with Crippen LogP contribution in [-0.4, -0.2) is 8.42 Å². The summed E-state index contributed by atoms with van der Waals surface area (Å²) >= 11 is 0. The van der Waals surface area contributed by atoms with Gasteiger partial charge in [0.2, 0.25) is 10.0 Å². The fraction of sp³-hybridized carbons (Fsp3) is 0.125. The molecule has 0 radical (unpaired) electrons. The molecule has 1 heterocycles. The Morgan fingerprint density at radius 1 is 0.818 bits per heavy atom. The van der Waals surface area contributed by atoms with Crippen LogP contribution in [0.25, 0.3) is 11.0 Å². The van der Waals surface area contributed by atoms with Crippen molar-refractivity contribution in [3.63, 3.8) is 0 Å². The Labute approximate surface area is 187 Å². The molecule has 170 valence electrons. The van der Waals surface area contributed by atoms with Crippen LogP contribution in [0.3, 0.4) is 0 Å². The topological polar surface area (TPSA) is 76.4 Å². The Morgan fingerprint density at radius 3 is 2.15 bits per heavy atom. The van der Waals surface area contributed by atoms with E-state index in [2.05, 4.69) is 4.72 Å². The van der Waals surface area contributed by atoms with Crippen molar-refractivity contribution in [2.45, 2.75) is 24.0 Å². The highest BCUT2D eigenvalue weighted by atomic mass is 32.2. The van der Waals surface area contributed by atoms with Gasteiger partial charge in [-0.2, -0.15) is 13.2 Å². The second kappa shape index (κ2) is 8.84. The minimum absolute atomic E-state index is 0.0850. The molecule has 0 unspecified atom stereocenters. The van der Waals surface area contributed by atoms with Gasteiger partial charge in [-0.3, -0.25) is 0 Å². The van der Waals surface area contributed by atoms with Gasteiger partial charge in [-0.1, -0.05) is 48.5 Å². The third-order valence-electron chi connectivity index (χ3n) is 5.06. The van der Waals surface area contributed by atoms with Crippen molar-refractivity contribution in [1.29, 1.82) is 0 Å². The minimum Gasteiger partial charge on any atom is -0.423 e. The van der Waals surface area contributed by atoms with Gasteiger partial charge in [0.25, 0.3) is 0 Å². The van der Waals surface area contributed by atoms with Crippen molar-refractivity contribution >= 4 is 21.0 Å². The van der Waals surface area contributed by atoms with E-state index >= 15 is 0 Å².